The third-order valence-electron chi connectivity index (χ3n) is 6.07. The standard InChI is InChI=1S/C21H26N4O2/c1-14(26)23-18-12-22-24-19(18)16-7-5-11-25(13-16)20(27)21(2)10-9-15-6-3-4-8-17(15)21/h3-4,6,8,12,16H,5,7,9-11,13H2,1-2H3,(H,22,24)(H,23,26). The van der Waals surface area contributed by atoms with E-state index in [2.05, 4.69) is 34.6 Å². The van der Waals surface area contributed by atoms with E-state index in [4.69, 9.17) is 0 Å². The van der Waals surface area contributed by atoms with Crippen molar-refractivity contribution in [3.8, 4) is 0 Å². The lowest BCUT2D eigenvalue weighted by Crippen LogP contribution is -2.48. The fourth-order valence-corrected chi connectivity index (χ4v) is 4.66. The molecular weight excluding hydrogens is 340 g/mol. The van der Waals surface area contributed by atoms with E-state index in [9.17, 15) is 9.59 Å². The van der Waals surface area contributed by atoms with Crippen LogP contribution >= 0.6 is 0 Å². The van der Waals surface area contributed by atoms with Crippen LogP contribution in [0.2, 0.25) is 0 Å². The normalized spacial score (nSPS) is 24.5. The number of benzene rings is 1. The molecule has 2 unspecified atom stereocenters. The molecule has 1 fully saturated rings. The van der Waals surface area contributed by atoms with E-state index >= 15 is 0 Å². The summed E-state index contributed by atoms with van der Waals surface area (Å²) in [5, 5.41) is 9.96. The summed E-state index contributed by atoms with van der Waals surface area (Å²) in [6, 6.07) is 8.31. The number of carbonyl (C=O) groups excluding carboxylic acids is 2. The number of nitrogens with zero attached hydrogens (tertiary/aromatic N) is 2. The maximum atomic E-state index is 13.5. The van der Waals surface area contributed by atoms with Crippen LogP contribution < -0.4 is 5.32 Å². The number of aromatic amines is 1. The Kier molecular flexibility index (Phi) is 4.50. The molecule has 1 aliphatic heterocycles. The molecule has 0 saturated carbocycles. The summed E-state index contributed by atoms with van der Waals surface area (Å²) in [4.78, 5) is 26.9. The molecule has 2 aromatic rings. The summed E-state index contributed by atoms with van der Waals surface area (Å²) in [6.45, 7) is 5.03. The topological polar surface area (TPSA) is 78.1 Å². The van der Waals surface area contributed by atoms with Gasteiger partial charge in [0.2, 0.25) is 11.8 Å². The van der Waals surface area contributed by atoms with Gasteiger partial charge in [0.15, 0.2) is 0 Å². The van der Waals surface area contributed by atoms with Crippen molar-refractivity contribution in [3.05, 3.63) is 47.3 Å². The largest absolute Gasteiger partial charge is 0.341 e. The second-order valence-electron chi connectivity index (χ2n) is 7.96. The highest BCUT2D eigenvalue weighted by Crippen LogP contribution is 2.41. The molecule has 1 aliphatic carbocycles. The summed E-state index contributed by atoms with van der Waals surface area (Å²) in [5.74, 6) is 0.265. The van der Waals surface area contributed by atoms with Crippen LogP contribution in [0.3, 0.4) is 0 Å². The summed E-state index contributed by atoms with van der Waals surface area (Å²) in [6.07, 6.45) is 5.40. The Morgan fingerprint density at radius 2 is 2.15 bits per heavy atom. The molecule has 2 heterocycles. The molecule has 0 radical (unpaired) electrons. The Bertz CT molecular complexity index is 875. The summed E-state index contributed by atoms with van der Waals surface area (Å²) < 4.78 is 0. The summed E-state index contributed by atoms with van der Waals surface area (Å²) in [5.41, 5.74) is 3.67. The molecule has 2 amide bonds. The molecule has 0 bridgehead atoms. The second kappa shape index (κ2) is 6.83. The number of rotatable bonds is 3. The molecule has 2 atom stereocenters. The van der Waals surface area contributed by atoms with Gasteiger partial charge in [-0.05, 0) is 43.7 Å². The van der Waals surface area contributed by atoms with Crippen LogP contribution in [0, 0.1) is 0 Å². The number of carbonyl (C=O) groups is 2. The number of nitrogens with one attached hydrogen (secondary N) is 2. The molecular formula is C21H26N4O2. The molecule has 1 saturated heterocycles. The minimum Gasteiger partial charge on any atom is -0.341 e. The Labute approximate surface area is 159 Å². The quantitative estimate of drug-likeness (QED) is 0.877. The highest BCUT2D eigenvalue weighted by molar-refractivity contribution is 5.90. The molecule has 2 aliphatic rings. The van der Waals surface area contributed by atoms with Gasteiger partial charge < -0.3 is 10.2 Å². The van der Waals surface area contributed by atoms with Gasteiger partial charge in [0.05, 0.1) is 23.0 Å². The van der Waals surface area contributed by atoms with E-state index in [-0.39, 0.29) is 17.7 Å². The van der Waals surface area contributed by atoms with Crippen molar-refractivity contribution in [1.82, 2.24) is 15.1 Å². The first kappa shape index (κ1) is 17.8. The number of anilines is 1. The number of hydrogen-bond donors (Lipinski definition) is 2. The van der Waals surface area contributed by atoms with Crippen molar-refractivity contribution in [2.24, 2.45) is 0 Å². The van der Waals surface area contributed by atoms with Crippen molar-refractivity contribution >= 4 is 17.5 Å². The number of likely N-dealkylation sites (tertiary alicyclic amines) is 1. The smallest absolute Gasteiger partial charge is 0.232 e. The number of hydrogen-bond acceptors (Lipinski definition) is 3. The number of H-pyrrole nitrogens is 1. The van der Waals surface area contributed by atoms with Crippen molar-refractivity contribution in [1.29, 1.82) is 0 Å². The molecule has 142 valence electrons. The van der Waals surface area contributed by atoms with Crippen LogP contribution in [0.15, 0.2) is 30.5 Å². The predicted octanol–water partition coefficient (Wildman–Crippen LogP) is 2.98. The van der Waals surface area contributed by atoms with Gasteiger partial charge in [0.25, 0.3) is 0 Å². The van der Waals surface area contributed by atoms with Crippen molar-refractivity contribution in [3.63, 3.8) is 0 Å². The van der Waals surface area contributed by atoms with E-state index in [0.717, 1.165) is 43.6 Å². The zero-order valence-electron chi connectivity index (χ0n) is 15.9. The lowest BCUT2D eigenvalue weighted by Gasteiger charge is -2.38. The van der Waals surface area contributed by atoms with Gasteiger partial charge in [-0.25, -0.2) is 0 Å². The van der Waals surface area contributed by atoms with E-state index in [0.29, 0.717) is 6.54 Å². The van der Waals surface area contributed by atoms with Gasteiger partial charge >= 0.3 is 0 Å². The highest BCUT2D eigenvalue weighted by atomic mass is 16.2. The SMILES string of the molecule is CC(=O)Nc1cn[nH]c1C1CCCN(C(=O)C2(C)CCc3ccccc32)C1. The zero-order chi connectivity index (χ0) is 19.0. The first-order valence-electron chi connectivity index (χ1n) is 9.67. The van der Waals surface area contributed by atoms with E-state index < -0.39 is 5.41 Å². The third kappa shape index (κ3) is 3.13. The third-order valence-corrected chi connectivity index (χ3v) is 6.07. The van der Waals surface area contributed by atoms with Crippen LogP contribution in [0.5, 0.6) is 0 Å². The number of fused-ring (bicyclic) bond motifs is 1. The van der Waals surface area contributed by atoms with Gasteiger partial charge in [-0.1, -0.05) is 24.3 Å². The summed E-state index contributed by atoms with van der Waals surface area (Å²) in [7, 11) is 0. The lowest BCUT2D eigenvalue weighted by molar-refractivity contribution is -0.138. The van der Waals surface area contributed by atoms with Crippen LogP contribution in [-0.4, -0.2) is 40.0 Å². The lowest BCUT2D eigenvalue weighted by atomic mass is 9.81. The van der Waals surface area contributed by atoms with Gasteiger partial charge in [0, 0.05) is 25.9 Å². The van der Waals surface area contributed by atoms with Gasteiger partial charge in [-0.2, -0.15) is 5.10 Å². The van der Waals surface area contributed by atoms with Crippen molar-refractivity contribution in [2.45, 2.75) is 50.9 Å². The Balaban J connectivity index is 1.55. The average molecular weight is 366 g/mol. The maximum Gasteiger partial charge on any atom is 0.232 e. The van der Waals surface area contributed by atoms with Gasteiger partial charge in [-0.15, -0.1) is 0 Å². The predicted molar refractivity (Wildman–Crippen MR) is 104 cm³/mol. The number of aryl methyl sites for hydroxylation is 1. The molecule has 1 aromatic carbocycles. The van der Waals surface area contributed by atoms with Gasteiger partial charge in [-0.3, -0.25) is 14.7 Å². The summed E-state index contributed by atoms with van der Waals surface area (Å²) >= 11 is 0. The maximum absolute atomic E-state index is 13.5. The second-order valence-corrected chi connectivity index (χ2v) is 7.96. The molecule has 6 heteroatoms. The molecule has 27 heavy (non-hydrogen) atoms. The van der Waals surface area contributed by atoms with Gasteiger partial charge in [0.1, 0.15) is 0 Å². The minimum atomic E-state index is -0.438. The number of amides is 2. The molecule has 0 spiro atoms. The van der Waals surface area contributed by atoms with Crippen molar-refractivity contribution in [2.75, 3.05) is 18.4 Å². The average Bonchev–Trinajstić information content (AvgIpc) is 3.26. The minimum absolute atomic E-state index is 0.114. The molecule has 6 nitrogen and oxygen atoms in total. The van der Waals surface area contributed by atoms with Crippen LogP contribution in [0.4, 0.5) is 5.69 Å². The molecule has 4 rings (SSSR count). The van der Waals surface area contributed by atoms with Crippen LogP contribution in [-0.2, 0) is 21.4 Å². The first-order valence-corrected chi connectivity index (χ1v) is 9.67. The number of piperidine rings is 1. The molecule has 1 aromatic heterocycles. The first-order chi connectivity index (χ1) is 13.0. The Hall–Kier alpha value is -2.63. The highest BCUT2D eigenvalue weighted by Gasteiger charge is 2.44. The monoisotopic (exact) mass is 366 g/mol. The van der Waals surface area contributed by atoms with Crippen molar-refractivity contribution < 1.29 is 9.59 Å². The fourth-order valence-electron chi connectivity index (χ4n) is 4.66. The fraction of sp³-hybridized carbons (Fsp3) is 0.476. The zero-order valence-corrected chi connectivity index (χ0v) is 15.9. The van der Waals surface area contributed by atoms with Crippen LogP contribution in [0.1, 0.15) is 55.8 Å². The number of aromatic nitrogens is 2. The molecule has 2 N–H and O–H groups in total. The Morgan fingerprint density at radius 3 is 2.96 bits per heavy atom. The van der Waals surface area contributed by atoms with Crippen LogP contribution in [0.25, 0.3) is 0 Å². The van der Waals surface area contributed by atoms with E-state index in [1.807, 2.05) is 17.0 Å². The van der Waals surface area contributed by atoms with E-state index in [1.165, 1.54) is 18.1 Å². The Morgan fingerprint density at radius 1 is 1.33 bits per heavy atom. The van der Waals surface area contributed by atoms with E-state index in [1.54, 1.807) is 6.20 Å².